The zero-order valence-corrected chi connectivity index (χ0v) is 12.1. The molecule has 0 bridgehead atoms. The largest absolute Gasteiger partial charge is 0.379 e. The van der Waals surface area contributed by atoms with Crippen molar-refractivity contribution in [3.8, 4) is 0 Å². The van der Waals surface area contributed by atoms with Gasteiger partial charge in [-0.1, -0.05) is 17.7 Å². The van der Waals surface area contributed by atoms with Crippen molar-refractivity contribution >= 4 is 57.2 Å². The van der Waals surface area contributed by atoms with Crippen molar-refractivity contribution in [2.45, 2.75) is 11.4 Å². The Morgan fingerprint density at radius 1 is 1.50 bits per heavy atom. The Balaban J connectivity index is 2.07. The maximum atomic E-state index is 5.76. The number of aromatic nitrogens is 1. The number of halogens is 2. The first-order valence-corrected chi connectivity index (χ1v) is 6.92. The summed E-state index contributed by atoms with van der Waals surface area (Å²) in [6, 6.07) is 5.90. The predicted molar refractivity (Wildman–Crippen MR) is 75.8 cm³/mol. The van der Waals surface area contributed by atoms with E-state index in [2.05, 4.69) is 38.9 Å². The van der Waals surface area contributed by atoms with Crippen LogP contribution in [0.15, 0.2) is 33.8 Å². The molecule has 0 atom stereocenters. The molecule has 0 unspecified atom stereocenters. The first-order chi connectivity index (χ1) is 7.66. The van der Waals surface area contributed by atoms with Crippen LogP contribution in [0.1, 0.15) is 4.88 Å². The van der Waals surface area contributed by atoms with Gasteiger partial charge in [-0.05, 0) is 28.1 Å². The molecule has 0 aliphatic carbocycles. The summed E-state index contributed by atoms with van der Waals surface area (Å²) < 4.78 is 1.54. The number of benzene rings is 1. The molecule has 0 fully saturated rings. The Hall–Kier alpha value is -0.230. The van der Waals surface area contributed by atoms with Crippen molar-refractivity contribution < 1.29 is 0 Å². The Morgan fingerprint density at radius 3 is 3.00 bits per heavy atom. The van der Waals surface area contributed by atoms with E-state index in [1.807, 2.05) is 18.2 Å². The summed E-state index contributed by atoms with van der Waals surface area (Å²) in [5.74, 6) is 0. The number of nitrogens with zero attached hydrogens (tertiary/aromatic N) is 1. The minimum atomic E-state index is 0.567. The SMILES string of the molecule is Sc1c(Br)cccc1NCc1cnc(Cl)s1. The van der Waals surface area contributed by atoms with Gasteiger partial charge in [-0.25, -0.2) is 4.98 Å². The van der Waals surface area contributed by atoms with Gasteiger partial charge in [0, 0.05) is 26.1 Å². The van der Waals surface area contributed by atoms with Crippen LogP contribution in [0.25, 0.3) is 0 Å². The highest BCUT2D eigenvalue weighted by atomic mass is 79.9. The van der Waals surface area contributed by atoms with Crippen LogP contribution in [0.2, 0.25) is 4.47 Å². The number of anilines is 1. The number of rotatable bonds is 3. The van der Waals surface area contributed by atoms with Crippen LogP contribution in [-0.2, 0) is 6.54 Å². The molecule has 0 amide bonds. The fourth-order valence-corrected chi connectivity index (χ4v) is 2.72. The van der Waals surface area contributed by atoms with Crippen LogP contribution < -0.4 is 5.32 Å². The lowest BCUT2D eigenvalue weighted by Crippen LogP contribution is -1.98. The molecule has 0 spiro atoms. The second-order valence-electron chi connectivity index (χ2n) is 3.07. The summed E-state index contributed by atoms with van der Waals surface area (Å²) in [4.78, 5) is 5.98. The summed E-state index contributed by atoms with van der Waals surface area (Å²) in [5.41, 5.74) is 0.988. The van der Waals surface area contributed by atoms with Gasteiger partial charge in [-0.3, -0.25) is 0 Å². The summed E-state index contributed by atoms with van der Waals surface area (Å²) >= 11 is 15.1. The van der Waals surface area contributed by atoms with Crippen LogP contribution in [0.3, 0.4) is 0 Å². The van der Waals surface area contributed by atoms with Crippen LogP contribution in [-0.4, -0.2) is 4.98 Å². The standard InChI is InChI=1S/C10H8BrClN2S2/c11-7-2-1-3-8(9(7)15)13-4-6-5-14-10(12)16-6/h1-3,5,13,15H,4H2. The van der Waals surface area contributed by atoms with Crippen LogP contribution >= 0.6 is 51.5 Å². The van der Waals surface area contributed by atoms with Crippen LogP contribution in [0.4, 0.5) is 5.69 Å². The van der Waals surface area contributed by atoms with Gasteiger partial charge in [0.2, 0.25) is 0 Å². The topological polar surface area (TPSA) is 24.9 Å². The zero-order valence-electron chi connectivity index (χ0n) is 8.08. The van der Waals surface area contributed by atoms with Gasteiger partial charge < -0.3 is 5.32 Å². The molecule has 0 saturated carbocycles. The van der Waals surface area contributed by atoms with Gasteiger partial charge >= 0.3 is 0 Å². The lowest BCUT2D eigenvalue weighted by atomic mass is 10.3. The average molecular weight is 336 g/mol. The summed E-state index contributed by atoms with van der Waals surface area (Å²) in [6.45, 7) is 0.703. The molecule has 2 rings (SSSR count). The fraction of sp³-hybridized carbons (Fsp3) is 0.100. The summed E-state index contributed by atoms with van der Waals surface area (Å²) in [6.07, 6.45) is 1.77. The van der Waals surface area contributed by atoms with Gasteiger partial charge in [0.15, 0.2) is 4.47 Å². The Kier molecular flexibility index (Phi) is 4.13. The smallest absolute Gasteiger partial charge is 0.183 e. The fourth-order valence-electron chi connectivity index (χ4n) is 1.21. The quantitative estimate of drug-likeness (QED) is 0.810. The molecule has 6 heteroatoms. The Bertz CT molecular complexity index is 501. The minimum Gasteiger partial charge on any atom is -0.379 e. The first-order valence-electron chi connectivity index (χ1n) is 4.48. The molecule has 0 radical (unpaired) electrons. The maximum Gasteiger partial charge on any atom is 0.183 e. The van der Waals surface area contributed by atoms with E-state index in [-0.39, 0.29) is 0 Å². The molecular weight excluding hydrogens is 328 g/mol. The van der Waals surface area contributed by atoms with E-state index in [4.69, 9.17) is 11.6 Å². The highest BCUT2D eigenvalue weighted by Crippen LogP contribution is 2.29. The monoisotopic (exact) mass is 334 g/mol. The van der Waals surface area contributed by atoms with Crippen molar-refractivity contribution in [3.63, 3.8) is 0 Å². The van der Waals surface area contributed by atoms with Gasteiger partial charge in [0.1, 0.15) is 0 Å². The van der Waals surface area contributed by atoms with Crippen molar-refractivity contribution in [1.29, 1.82) is 0 Å². The van der Waals surface area contributed by atoms with Gasteiger partial charge in [-0.2, -0.15) is 0 Å². The molecule has 1 N–H and O–H groups in total. The van der Waals surface area contributed by atoms with E-state index in [1.54, 1.807) is 6.20 Å². The summed E-state index contributed by atoms with van der Waals surface area (Å²) in [7, 11) is 0. The van der Waals surface area contributed by atoms with E-state index in [9.17, 15) is 0 Å². The van der Waals surface area contributed by atoms with Crippen molar-refractivity contribution in [1.82, 2.24) is 4.98 Å². The van der Waals surface area contributed by atoms with E-state index in [1.165, 1.54) is 11.3 Å². The number of thiazole rings is 1. The summed E-state index contributed by atoms with van der Waals surface area (Å²) in [5, 5.41) is 3.29. The first kappa shape index (κ1) is 12.2. The molecule has 84 valence electrons. The maximum absolute atomic E-state index is 5.76. The Labute approximate surface area is 117 Å². The lowest BCUT2D eigenvalue weighted by molar-refractivity contribution is 1.15. The van der Waals surface area contributed by atoms with Crippen LogP contribution in [0.5, 0.6) is 0 Å². The minimum absolute atomic E-state index is 0.567. The molecule has 0 saturated heterocycles. The molecule has 1 aromatic heterocycles. The molecule has 1 heterocycles. The molecule has 16 heavy (non-hydrogen) atoms. The number of thiol groups is 1. The van der Waals surface area contributed by atoms with E-state index in [0.29, 0.717) is 11.0 Å². The van der Waals surface area contributed by atoms with Gasteiger partial charge in [0.05, 0.1) is 6.54 Å². The predicted octanol–water partition coefficient (Wildman–Crippen LogP) is 4.46. The van der Waals surface area contributed by atoms with E-state index < -0.39 is 0 Å². The molecule has 1 aromatic carbocycles. The van der Waals surface area contributed by atoms with Crippen molar-refractivity contribution in [3.05, 3.63) is 38.2 Å². The van der Waals surface area contributed by atoms with Crippen molar-refractivity contribution in [2.75, 3.05) is 5.32 Å². The molecule has 0 aliphatic rings. The molecule has 2 nitrogen and oxygen atoms in total. The number of hydrogen-bond donors (Lipinski definition) is 2. The molecular formula is C10H8BrClN2S2. The second-order valence-corrected chi connectivity index (χ2v) is 6.07. The third-order valence-corrected chi connectivity index (χ3v) is 4.53. The normalized spacial score (nSPS) is 10.4. The van der Waals surface area contributed by atoms with Crippen LogP contribution in [0, 0.1) is 0 Å². The average Bonchev–Trinajstić information content (AvgIpc) is 2.67. The van der Waals surface area contributed by atoms with E-state index in [0.717, 1.165) is 19.9 Å². The lowest BCUT2D eigenvalue weighted by Gasteiger charge is -2.08. The second kappa shape index (κ2) is 5.40. The highest BCUT2D eigenvalue weighted by molar-refractivity contribution is 9.10. The Morgan fingerprint density at radius 2 is 2.31 bits per heavy atom. The van der Waals surface area contributed by atoms with E-state index >= 15 is 0 Å². The molecule has 0 aliphatic heterocycles. The van der Waals surface area contributed by atoms with Crippen molar-refractivity contribution in [2.24, 2.45) is 0 Å². The molecule has 2 aromatic rings. The number of nitrogens with one attached hydrogen (secondary N) is 1. The van der Waals surface area contributed by atoms with Gasteiger partial charge in [0.25, 0.3) is 0 Å². The zero-order chi connectivity index (χ0) is 11.5. The third-order valence-electron chi connectivity index (χ3n) is 1.97. The highest BCUT2D eigenvalue weighted by Gasteiger charge is 2.03. The van der Waals surface area contributed by atoms with Gasteiger partial charge in [-0.15, -0.1) is 24.0 Å². The number of hydrogen-bond acceptors (Lipinski definition) is 4. The third kappa shape index (κ3) is 2.91.